The van der Waals surface area contributed by atoms with Crippen molar-refractivity contribution in [2.75, 3.05) is 7.11 Å². The first-order valence-corrected chi connectivity index (χ1v) is 10.0. The van der Waals surface area contributed by atoms with Gasteiger partial charge >= 0.3 is 6.18 Å². The number of rotatable bonds is 10. The summed E-state index contributed by atoms with van der Waals surface area (Å²) in [5, 5.41) is 13.6. The Morgan fingerprint density at radius 2 is 1.84 bits per heavy atom. The molecular formula is C21H24F5N3O2. The van der Waals surface area contributed by atoms with E-state index in [9.17, 15) is 26.7 Å². The average Bonchev–Trinajstić information content (AvgIpc) is 3.62. The van der Waals surface area contributed by atoms with E-state index in [4.69, 9.17) is 10.00 Å². The van der Waals surface area contributed by atoms with Gasteiger partial charge in [-0.15, -0.1) is 0 Å². The number of carbonyl (C=O) groups excluding carboxylic acids is 1. The molecule has 2 saturated carbocycles. The summed E-state index contributed by atoms with van der Waals surface area (Å²) < 4.78 is 75.4. The van der Waals surface area contributed by atoms with Gasteiger partial charge in [-0.3, -0.25) is 10.1 Å². The minimum absolute atomic E-state index is 0.174. The van der Waals surface area contributed by atoms with Crippen LogP contribution in [-0.2, 0) is 4.79 Å². The second kappa shape index (κ2) is 8.61. The zero-order valence-corrected chi connectivity index (χ0v) is 16.9. The molecule has 2 N–H and O–H groups in total. The lowest BCUT2D eigenvalue weighted by molar-refractivity contribution is -0.163. The number of hydrogen-bond donors (Lipinski definition) is 2. The van der Waals surface area contributed by atoms with Gasteiger partial charge in [0.2, 0.25) is 11.8 Å². The molecule has 1 aromatic carbocycles. The van der Waals surface area contributed by atoms with Crippen LogP contribution in [0, 0.1) is 17.2 Å². The summed E-state index contributed by atoms with van der Waals surface area (Å²) in [6.07, 6.45) is -4.43. The van der Waals surface area contributed by atoms with Crippen LogP contribution in [0.3, 0.4) is 0 Å². The fraction of sp³-hybridized carbons (Fsp3) is 0.619. The van der Waals surface area contributed by atoms with Gasteiger partial charge in [0.25, 0.3) is 0 Å². The second-order valence-electron chi connectivity index (χ2n) is 8.36. The van der Waals surface area contributed by atoms with E-state index in [1.807, 2.05) is 6.07 Å². The van der Waals surface area contributed by atoms with Gasteiger partial charge in [0.05, 0.1) is 19.2 Å². The number of methoxy groups -OCH3 is 1. The van der Waals surface area contributed by atoms with E-state index in [-0.39, 0.29) is 11.5 Å². The molecule has 0 heterocycles. The van der Waals surface area contributed by atoms with Gasteiger partial charge in [-0.25, -0.2) is 8.78 Å². The lowest BCUT2D eigenvalue weighted by Crippen LogP contribution is -2.53. The van der Waals surface area contributed by atoms with E-state index in [1.165, 1.54) is 31.4 Å². The van der Waals surface area contributed by atoms with Crippen LogP contribution in [0.15, 0.2) is 24.3 Å². The van der Waals surface area contributed by atoms with Crippen LogP contribution < -0.4 is 15.4 Å². The minimum atomic E-state index is -4.84. The molecule has 2 fully saturated rings. The highest BCUT2D eigenvalue weighted by molar-refractivity contribution is 5.83. The zero-order valence-electron chi connectivity index (χ0n) is 16.9. The van der Waals surface area contributed by atoms with Crippen LogP contribution in [0.1, 0.15) is 50.1 Å². The van der Waals surface area contributed by atoms with Crippen LogP contribution in [0.4, 0.5) is 22.0 Å². The summed E-state index contributed by atoms with van der Waals surface area (Å²) >= 11 is 0. The Morgan fingerprint density at radius 1 is 1.23 bits per heavy atom. The summed E-state index contributed by atoms with van der Waals surface area (Å²) in [5.74, 6) is -4.18. The predicted octanol–water partition coefficient (Wildman–Crippen LogP) is 4.25. The van der Waals surface area contributed by atoms with Gasteiger partial charge in [-0.2, -0.15) is 18.4 Å². The molecular weight excluding hydrogens is 421 g/mol. The van der Waals surface area contributed by atoms with Crippen molar-refractivity contribution >= 4 is 5.91 Å². The zero-order chi connectivity index (χ0) is 22.9. The van der Waals surface area contributed by atoms with Crippen molar-refractivity contribution in [1.82, 2.24) is 10.6 Å². The fourth-order valence-corrected chi connectivity index (χ4v) is 3.44. The Hall–Kier alpha value is -2.41. The molecule has 170 valence electrons. The van der Waals surface area contributed by atoms with Crippen molar-refractivity contribution < 1.29 is 31.5 Å². The number of alkyl halides is 5. The van der Waals surface area contributed by atoms with Gasteiger partial charge in [0.15, 0.2) is 0 Å². The summed E-state index contributed by atoms with van der Waals surface area (Å²) in [6, 6.07) is 2.69. The van der Waals surface area contributed by atoms with E-state index < -0.39 is 48.5 Å². The highest BCUT2D eigenvalue weighted by Gasteiger charge is 2.49. The third-order valence-electron chi connectivity index (χ3n) is 5.57. The van der Waals surface area contributed by atoms with Crippen molar-refractivity contribution in [2.24, 2.45) is 5.92 Å². The Morgan fingerprint density at radius 3 is 2.29 bits per heavy atom. The summed E-state index contributed by atoms with van der Waals surface area (Å²) in [6.45, 7) is 0. The average molecular weight is 445 g/mol. The quantitative estimate of drug-likeness (QED) is 0.528. The maximum absolute atomic E-state index is 14.5. The Bertz CT molecular complexity index is 827. The van der Waals surface area contributed by atoms with Gasteiger partial charge < -0.3 is 10.1 Å². The molecule has 0 spiro atoms. The van der Waals surface area contributed by atoms with E-state index in [0.29, 0.717) is 31.4 Å². The lowest BCUT2D eigenvalue weighted by Gasteiger charge is -2.30. The second-order valence-corrected chi connectivity index (χ2v) is 8.36. The fourth-order valence-electron chi connectivity index (χ4n) is 3.44. The number of amides is 1. The topological polar surface area (TPSA) is 74.2 Å². The number of ether oxygens (including phenoxy) is 1. The third-order valence-corrected chi connectivity index (χ3v) is 5.57. The van der Waals surface area contributed by atoms with Gasteiger partial charge in [0, 0.05) is 12.8 Å². The van der Waals surface area contributed by atoms with Crippen LogP contribution >= 0.6 is 0 Å². The van der Waals surface area contributed by atoms with Crippen molar-refractivity contribution in [3.8, 4) is 11.8 Å². The van der Waals surface area contributed by atoms with Crippen LogP contribution in [0.25, 0.3) is 0 Å². The van der Waals surface area contributed by atoms with Crippen molar-refractivity contribution in [3.05, 3.63) is 29.8 Å². The first-order valence-electron chi connectivity index (χ1n) is 10.0. The Kier molecular flexibility index (Phi) is 6.46. The smallest absolute Gasteiger partial charge is 0.407 e. The molecule has 0 bridgehead atoms. The number of nitrogens with zero attached hydrogens (tertiary/aromatic N) is 1. The summed E-state index contributed by atoms with van der Waals surface area (Å²) in [5.41, 5.74) is -1.42. The molecule has 3 rings (SSSR count). The van der Waals surface area contributed by atoms with Crippen LogP contribution in [0.2, 0.25) is 0 Å². The Labute approximate surface area is 176 Å². The molecule has 2 atom stereocenters. The largest absolute Gasteiger partial charge is 0.497 e. The van der Waals surface area contributed by atoms with Crippen molar-refractivity contribution in [1.29, 1.82) is 5.26 Å². The van der Waals surface area contributed by atoms with Crippen LogP contribution in [0.5, 0.6) is 5.75 Å². The molecule has 1 aromatic rings. The van der Waals surface area contributed by atoms with Crippen molar-refractivity contribution in [2.45, 2.75) is 68.2 Å². The Balaban J connectivity index is 1.83. The van der Waals surface area contributed by atoms with Crippen LogP contribution in [-0.4, -0.2) is 36.7 Å². The molecule has 0 aliphatic heterocycles. The molecule has 0 saturated heterocycles. The number of nitriles is 1. The number of nitrogens with one attached hydrogen (secondary N) is 2. The van der Waals surface area contributed by atoms with E-state index in [0.717, 1.165) is 0 Å². The van der Waals surface area contributed by atoms with Gasteiger partial charge in [-0.05, 0) is 49.3 Å². The molecule has 31 heavy (non-hydrogen) atoms. The van der Waals surface area contributed by atoms with E-state index >= 15 is 0 Å². The molecule has 0 aromatic heterocycles. The summed E-state index contributed by atoms with van der Waals surface area (Å²) in [4.78, 5) is 12.7. The summed E-state index contributed by atoms with van der Waals surface area (Å²) in [7, 11) is 1.36. The maximum atomic E-state index is 14.5. The number of hydrogen-bond acceptors (Lipinski definition) is 4. The van der Waals surface area contributed by atoms with E-state index in [1.54, 1.807) is 0 Å². The third kappa shape index (κ3) is 6.29. The lowest BCUT2D eigenvalue weighted by atomic mass is 9.99. The molecule has 0 radical (unpaired) electrons. The first-order chi connectivity index (χ1) is 14.5. The number of halogens is 5. The first kappa shape index (κ1) is 23.3. The molecule has 5 nitrogen and oxygen atoms in total. The standard InChI is InChI=1S/C21H24F5N3O2/c1-31-15-6-4-14(5-7-15)17(21(24,25)26)28-16(11-20(22,23)10-13-2-3-13)18(30)29-19(12-27)8-9-19/h4-7,13,16-17,28H,2-3,8-11H2,1H3,(H,29,30)/t16-,17-/m0/s1. The minimum Gasteiger partial charge on any atom is -0.497 e. The monoisotopic (exact) mass is 445 g/mol. The molecule has 10 heteroatoms. The predicted molar refractivity (Wildman–Crippen MR) is 101 cm³/mol. The highest BCUT2D eigenvalue weighted by Crippen LogP contribution is 2.42. The molecule has 2 aliphatic rings. The molecule has 0 unspecified atom stereocenters. The highest BCUT2D eigenvalue weighted by atomic mass is 19.4. The number of benzene rings is 1. The van der Waals surface area contributed by atoms with Crippen molar-refractivity contribution in [3.63, 3.8) is 0 Å². The maximum Gasteiger partial charge on any atom is 0.407 e. The van der Waals surface area contributed by atoms with Gasteiger partial charge in [0.1, 0.15) is 17.3 Å². The van der Waals surface area contributed by atoms with Gasteiger partial charge in [-0.1, -0.05) is 12.1 Å². The SMILES string of the molecule is COc1ccc([C@H](N[C@@H](CC(F)(F)CC2CC2)C(=O)NC2(C#N)CC2)C(F)(F)F)cc1. The molecule has 2 aliphatic carbocycles. The number of carbonyl (C=O) groups is 1. The normalized spacial score (nSPS) is 19.8. The molecule has 1 amide bonds. The van der Waals surface area contributed by atoms with E-state index in [2.05, 4.69) is 10.6 Å².